The van der Waals surface area contributed by atoms with E-state index in [2.05, 4.69) is 35.0 Å². The lowest BCUT2D eigenvalue weighted by molar-refractivity contribution is 0.192. The van der Waals surface area contributed by atoms with E-state index in [-0.39, 0.29) is 5.54 Å². The molecule has 2 aliphatic heterocycles. The van der Waals surface area contributed by atoms with Crippen molar-refractivity contribution in [2.24, 2.45) is 4.99 Å². The van der Waals surface area contributed by atoms with Crippen molar-refractivity contribution in [3.05, 3.63) is 95.2 Å². The number of likely N-dealkylation sites (tertiary alicyclic amines) is 1. The molecule has 3 heterocycles. The third-order valence-electron chi connectivity index (χ3n) is 6.22. The smallest absolute Gasteiger partial charge is 0.127 e. The molecule has 146 valence electrons. The monoisotopic (exact) mass is 383 g/mol. The van der Waals surface area contributed by atoms with Crippen LogP contribution in [0.25, 0.3) is 0 Å². The first-order valence-electron chi connectivity index (χ1n) is 10.3. The molecule has 1 fully saturated rings. The van der Waals surface area contributed by atoms with Crippen LogP contribution in [-0.2, 0) is 6.42 Å². The Morgan fingerprint density at radius 1 is 1.14 bits per heavy atom. The van der Waals surface area contributed by atoms with Crippen molar-refractivity contribution in [3.63, 3.8) is 0 Å². The molecule has 4 heteroatoms. The molecule has 3 aliphatic rings. The first-order chi connectivity index (χ1) is 14.3. The molecule has 0 bridgehead atoms. The van der Waals surface area contributed by atoms with Gasteiger partial charge in [0, 0.05) is 37.8 Å². The van der Waals surface area contributed by atoms with E-state index < -0.39 is 0 Å². The molecule has 0 N–H and O–H groups in total. The number of rotatable bonds is 5. The van der Waals surface area contributed by atoms with E-state index in [1.54, 1.807) is 0 Å². The molecule has 1 unspecified atom stereocenters. The predicted molar refractivity (Wildman–Crippen MR) is 116 cm³/mol. The van der Waals surface area contributed by atoms with Crippen molar-refractivity contribution >= 4 is 6.21 Å². The number of benzene rings is 1. The van der Waals surface area contributed by atoms with Crippen LogP contribution >= 0.6 is 0 Å². The van der Waals surface area contributed by atoms with Gasteiger partial charge < -0.3 is 4.74 Å². The lowest BCUT2D eigenvalue weighted by Gasteiger charge is -2.43. The number of hydrogen-bond donors (Lipinski definition) is 0. The molecular weight excluding hydrogens is 358 g/mol. The summed E-state index contributed by atoms with van der Waals surface area (Å²) in [5, 5.41) is 0. The van der Waals surface area contributed by atoms with Crippen molar-refractivity contribution in [1.29, 1.82) is 0 Å². The van der Waals surface area contributed by atoms with E-state index in [1.807, 2.05) is 55.0 Å². The molecule has 1 atom stereocenters. The van der Waals surface area contributed by atoms with Crippen molar-refractivity contribution < 1.29 is 4.74 Å². The van der Waals surface area contributed by atoms with E-state index >= 15 is 0 Å². The van der Waals surface area contributed by atoms with Gasteiger partial charge in [-0.2, -0.15) is 0 Å². The number of para-hydroxylation sites is 1. The van der Waals surface area contributed by atoms with E-state index in [0.29, 0.717) is 0 Å². The number of hydrogen-bond acceptors (Lipinski definition) is 4. The second-order valence-corrected chi connectivity index (χ2v) is 7.88. The van der Waals surface area contributed by atoms with Gasteiger partial charge in [0.25, 0.3) is 0 Å². The second kappa shape index (κ2) is 7.45. The molecule has 0 radical (unpaired) electrons. The quantitative estimate of drug-likeness (QED) is 0.750. The number of aromatic nitrogens is 1. The summed E-state index contributed by atoms with van der Waals surface area (Å²) >= 11 is 0. The zero-order chi connectivity index (χ0) is 19.7. The zero-order valence-electron chi connectivity index (χ0n) is 16.7. The third-order valence-corrected chi connectivity index (χ3v) is 6.22. The first kappa shape index (κ1) is 18.1. The lowest BCUT2D eigenvalue weighted by Crippen LogP contribution is -2.49. The van der Waals surface area contributed by atoms with Crippen LogP contribution in [0.3, 0.4) is 0 Å². The molecule has 1 aromatic heterocycles. The summed E-state index contributed by atoms with van der Waals surface area (Å²) in [5.41, 5.74) is 5.09. The van der Waals surface area contributed by atoms with Crippen molar-refractivity contribution in [1.82, 2.24) is 9.88 Å². The zero-order valence-corrected chi connectivity index (χ0v) is 16.7. The minimum Gasteiger partial charge on any atom is -0.458 e. The predicted octanol–water partition coefficient (Wildman–Crippen LogP) is 4.72. The summed E-state index contributed by atoms with van der Waals surface area (Å²) in [6.07, 6.45) is 13.2. The highest BCUT2D eigenvalue weighted by Crippen LogP contribution is 2.49. The lowest BCUT2D eigenvalue weighted by atomic mass is 9.77. The summed E-state index contributed by atoms with van der Waals surface area (Å²) in [6, 6.07) is 14.1. The van der Waals surface area contributed by atoms with Crippen LogP contribution in [0, 0.1) is 0 Å². The van der Waals surface area contributed by atoms with Crippen LogP contribution in [0.1, 0.15) is 25.3 Å². The van der Waals surface area contributed by atoms with Gasteiger partial charge in [-0.3, -0.25) is 14.9 Å². The molecule has 1 aliphatic carbocycles. The fourth-order valence-electron chi connectivity index (χ4n) is 4.79. The van der Waals surface area contributed by atoms with Gasteiger partial charge in [0.1, 0.15) is 11.5 Å². The van der Waals surface area contributed by atoms with Crippen molar-refractivity contribution in [3.8, 4) is 5.75 Å². The van der Waals surface area contributed by atoms with Gasteiger partial charge in [-0.25, -0.2) is 0 Å². The number of nitrogens with zero attached hydrogens (tertiary/aromatic N) is 3. The summed E-state index contributed by atoms with van der Waals surface area (Å²) < 4.78 is 6.11. The van der Waals surface area contributed by atoms with Crippen LogP contribution in [0.5, 0.6) is 5.75 Å². The maximum absolute atomic E-state index is 6.11. The molecule has 4 nitrogen and oxygen atoms in total. The second-order valence-electron chi connectivity index (χ2n) is 7.88. The van der Waals surface area contributed by atoms with Gasteiger partial charge in [0.15, 0.2) is 0 Å². The number of dihydropyridines is 1. The fraction of sp³-hybridized carbons (Fsp3) is 0.280. The van der Waals surface area contributed by atoms with Crippen LogP contribution in [0.4, 0.5) is 0 Å². The Morgan fingerprint density at radius 2 is 2.03 bits per heavy atom. The number of allylic oxidation sites excluding steroid dienone is 2. The molecule has 0 amide bonds. The molecule has 5 rings (SSSR count). The van der Waals surface area contributed by atoms with Gasteiger partial charge in [-0.05, 0) is 67.2 Å². The van der Waals surface area contributed by atoms with Gasteiger partial charge in [-0.1, -0.05) is 24.3 Å². The topological polar surface area (TPSA) is 37.7 Å². The van der Waals surface area contributed by atoms with Gasteiger partial charge >= 0.3 is 0 Å². The standard InChI is InChI=1S/C25H25N3O/c1-19-17-27-24-16-22(29-21-7-3-2-4-8-21)9-12-25(24)23(19)11-15-28(25)14-10-20-6-5-13-26-18-20/h2-9,13,16-18H,10-12,14-15H2,1H3. The van der Waals surface area contributed by atoms with E-state index in [0.717, 1.165) is 49.6 Å². The molecule has 0 saturated carbocycles. The minimum atomic E-state index is -0.120. The molecule has 29 heavy (non-hydrogen) atoms. The highest BCUT2D eigenvalue weighted by Gasteiger charge is 2.50. The van der Waals surface area contributed by atoms with Gasteiger partial charge in [0.05, 0.1) is 11.2 Å². The van der Waals surface area contributed by atoms with Gasteiger partial charge in [0.2, 0.25) is 0 Å². The van der Waals surface area contributed by atoms with Crippen LogP contribution in [0.2, 0.25) is 0 Å². The average molecular weight is 383 g/mol. The summed E-state index contributed by atoms with van der Waals surface area (Å²) in [5.74, 6) is 1.74. The highest BCUT2D eigenvalue weighted by molar-refractivity contribution is 5.84. The highest BCUT2D eigenvalue weighted by atomic mass is 16.5. The van der Waals surface area contributed by atoms with Crippen LogP contribution < -0.4 is 4.74 Å². The Labute approximate surface area is 171 Å². The van der Waals surface area contributed by atoms with Crippen LogP contribution in [-0.4, -0.2) is 34.7 Å². The minimum absolute atomic E-state index is 0.120. The van der Waals surface area contributed by atoms with Crippen LogP contribution in [0.15, 0.2) is 94.6 Å². The SMILES string of the molecule is CC1=C2CCN(CCc3cccnc3)C23CC=C(Oc2ccccc2)C=C3N=C1. The molecule has 1 saturated heterocycles. The fourth-order valence-corrected chi connectivity index (χ4v) is 4.79. The number of ether oxygens (including phenoxy) is 1. The average Bonchev–Trinajstić information content (AvgIpc) is 3.14. The summed E-state index contributed by atoms with van der Waals surface area (Å²) in [6.45, 7) is 4.26. The maximum atomic E-state index is 6.11. The van der Waals surface area contributed by atoms with Gasteiger partial charge in [-0.15, -0.1) is 0 Å². The van der Waals surface area contributed by atoms with E-state index in [1.165, 1.54) is 16.7 Å². The summed E-state index contributed by atoms with van der Waals surface area (Å²) in [7, 11) is 0. The summed E-state index contributed by atoms with van der Waals surface area (Å²) in [4.78, 5) is 11.7. The van der Waals surface area contributed by atoms with Crippen molar-refractivity contribution in [2.75, 3.05) is 13.1 Å². The Kier molecular flexibility index (Phi) is 4.64. The largest absolute Gasteiger partial charge is 0.458 e. The van der Waals surface area contributed by atoms with E-state index in [9.17, 15) is 0 Å². The molecule has 1 aromatic carbocycles. The number of pyridine rings is 1. The normalized spacial score (nSPS) is 23.3. The Hall–Kier alpha value is -2.98. The van der Waals surface area contributed by atoms with Crippen molar-refractivity contribution in [2.45, 2.75) is 31.7 Å². The molecular formula is C25H25N3O. The molecule has 2 aromatic rings. The van der Waals surface area contributed by atoms with E-state index in [4.69, 9.17) is 9.73 Å². The Bertz CT molecular complexity index is 1020. The maximum Gasteiger partial charge on any atom is 0.127 e. The Morgan fingerprint density at radius 3 is 2.86 bits per heavy atom. The Balaban J connectivity index is 1.42. The molecule has 1 spiro atoms. The first-order valence-corrected chi connectivity index (χ1v) is 10.3. The third kappa shape index (κ3) is 3.23. The number of aliphatic imine (C=N–C) groups is 1.